The highest BCUT2D eigenvalue weighted by Gasteiger charge is 2.19. The van der Waals surface area contributed by atoms with Crippen molar-refractivity contribution in [3.8, 4) is 0 Å². The SMILES string of the molecule is NNC(Cc1ccccc1F)c1c(F)cccc1Br. The van der Waals surface area contributed by atoms with Crippen molar-refractivity contribution in [3.05, 3.63) is 69.7 Å². The summed E-state index contributed by atoms with van der Waals surface area (Å²) in [5.41, 5.74) is 3.42. The molecule has 0 saturated carbocycles. The Labute approximate surface area is 118 Å². The summed E-state index contributed by atoms with van der Waals surface area (Å²) in [6.45, 7) is 0. The average Bonchev–Trinajstić information content (AvgIpc) is 2.39. The highest BCUT2D eigenvalue weighted by Crippen LogP contribution is 2.28. The highest BCUT2D eigenvalue weighted by molar-refractivity contribution is 9.10. The third-order valence-electron chi connectivity index (χ3n) is 2.93. The summed E-state index contributed by atoms with van der Waals surface area (Å²) in [5, 5.41) is 0. The normalized spacial score (nSPS) is 12.4. The standard InChI is InChI=1S/C14H13BrF2N2/c15-10-5-3-7-12(17)14(10)13(19-18)8-9-4-1-2-6-11(9)16/h1-7,13,19H,8,18H2. The van der Waals surface area contributed by atoms with Crippen LogP contribution in [0.3, 0.4) is 0 Å². The number of benzene rings is 2. The molecule has 0 saturated heterocycles. The van der Waals surface area contributed by atoms with Crippen LogP contribution in [0.15, 0.2) is 46.9 Å². The van der Waals surface area contributed by atoms with Crippen LogP contribution in [0.1, 0.15) is 17.2 Å². The molecule has 0 aromatic heterocycles. The van der Waals surface area contributed by atoms with Crippen LogP contribution < -0.4 is 11.3 Å². The molecular formula is C14H13BrF2N2. The molecule has 2 aromatic carbocycles. The smallest absolute Gasteiger partial charge is 0.129 e. The van der Waals surface area contributed by atoms with Crippen molar-refractivity contribution in [1.29, 1.82) is 0 Å². The van der Waals surface area contributed by atoms with Gasteiger partial charge in [-0.15, -0.1) is 0 Å². The fourth-order valence-corrected chi connectivity index (χ4v) is 2.59. The fourth-order valence-electron chi connectivity index (χ4n) is 1.97. The molecule has 0 radical (unpaired) electrons. The largest absolute Gasteiger partial charge is 0.271 e. The fraction of sp³-hybridized carbons (Fsp3) is 0.143. The van der Waals surface area contributed by atoms with Gasteiger partial charge in [0.2, 0.25) is 0 Å². The lowest BCUT2D eigenvalue weighted by Crippen LogP contribution is -2.30. The van der Waals surface area contributed by atoms with Crippen molar-refractivity contribution < 1.29 is 8.78 Å². The van der Waals surface area contributed by atoms with E-state index in [4.69, 9.17) is 5.84 Å². The van der Waals surface area contributed by atoms with Gasteiger partial charge in [-0.2, -0.15) is 0 Å². The molecule has 5 heteroatoms. The molecule has 100 valence electrons. The molecule has 0 aliphatic carbocycles. The van der Waals surface area contributed by atoms with Gasteiger partial charge >= 0.3 is 0 Å². The molecule has 2 aromatic rings. The van der Waals surface area contributed by atoms with Gasteiger partial charge in [0.25, 0.3) is 0 Å². The summed E-state index contributed by atoms with van der Waals surface area (Å²) < 4.78 is 28.1. The number of rotatable bonds is 4. The molecule has 1 atom stereocenters. The number of hydrazine groups is 1. The minimum Gasteiger partial charge on any atom is -0.271 e. The minimum atomic E-state index is -0.507. The second-order valence-corrected chi connectivity index (χ2v) is 5.00. The monoisotopic (exact) mass is 326 g/mol. The summed E-state index contributed by atoms with van der Waals surface area (Å²) >= 11 is 3.29. The molecule has 0 aliphatic rings. The topological polar surface area (TPSA) is 38.0 Å². The lowest BCUT2D eigenvalue weighted by atomic mass is 9.98. The van der Waals surface area contributed by atoms with E-state index in [2.05, 4.69) is 21.4 Å². The van der Waals surface area contributed by atoms with E-state index < -0.39 is 6.04 Å². The van der Waals surface area contributed by atoms with E-state index in [1.54, 1.807) is 30.3 Å². The van der Waals surface area contributed by atoms with Crippen molar-refractivity contribution in [2.24, 2.45) is 5.84 Å². The van der Waals surface area contributed by atoms with Crippen molar-refractivity contribution >= 4 is 15.9 Å². The van der Waals surface area contributed by atoms with Crippen LogP contribution in [0.25, 0.3) is 0 Å². The Morgan fingerprint density at radius 2 is 1.74 bits per heavy atom. The lowest BCUT2D eigenvalue weighted by Gasteiger charge is -2.19. The number of hydrogen-bond donors (Lipinski definition) is 2. The van der Waals surface area contributed by atoms with E-state index in [0.717, 1.165) is 0 Å². The van der Waals surface area contributed by atoms with E-state index in [1.165, 1.54) is 12.1 Å². The zero-order valence-corrected chi connectivity index (χ0v) is 11.6. The predicted octanol–water partition coefficient (Wildman–Crippen LogP) is 3.47. The molecular weight excluding hydrogens is 314 g/mol. The molecule has 0 amide bonds. The van der Waals surface area contributed by atoms with Crippen molar-refractivity contribution in [2.45, 2.75) is 12.5 Å². The van der Waals surface area contributed by atoms with Gasteiger partial charge in [0, 0.05) is 10.0 Å². The van der Waals surface area contributed by atoms with Crippen LogP contribution in [-0.2, 0) is 6.42 Å². The van der Waals surface area contributed by atoms with Crippen LogP contribution in [0.2, 0.25) is 0 Å². The van der Waals surface area contributed by atoms with Crippen molar-refractivity contribution in [1.82, 2.24) is 5.43 Å². The van der Waals surface area contributed by atoms with E-state index in [9.17, 15) is 8.78 Å². The molecule has 3 N–H and O–H groups in total. The van der Waals surface area contributed by atoms with Gasteiger partial charge in [0.15, 0.2) is 0 Å². The third-order valence-corrected chi connectivity index (χ3v) is 3.62. The summed E-state index contributed by atoms with van der Waals surface area (Å²) in [6, 6.07) is 10.6. The first-order chi connectivity index (χ1) is 9.13. The second kappa shape index (κ2) is 6.23. The Bertz CT molecular complexity index is 555. The van der Waals surface area contributed by atoms with Gasteiger partial charge in [0.1, 0.15) is 11.6 Å². The second-order valence-electron chi connectivity index (χ2n) is 4.15. The van der Waals surface area contributed by atoms with E-state index in [0.29, 0.717) is 15.6 Å². The number of nitrogens with two attached hydrogens (primary N) is 1. The molecule has 1 unspecified atom stereocenters. The Kier molecular flexibility index (Phi) is 4.63. The maximum Gasteiger partial charge on any atom is 0.129 e. The van der Waals surface area contributed by atoms with Gasteiger partial charge in [-0.3, -0.25) is 11.3 Å². The van der Waals surface area contributed by atoms with Crippen molar-refractivity contribution in [3.63, 3.8) is 0 Å². The van der Waals surface area contributed by atoms with Crippen LogP contribution in [-0.4, -0.2) is 0 Å². The molecule has 2 rings (SSSR count). The number of nitrogens with one attached hydrogen (secondary N) is 1. The lowest BCUT2D eigenvalue weighted by molar-refractivity contribution is 0.496. The first-order valence-electron chi connectivity index (χ1n) is 5.77. The van der Waals surface area contributed by atoms with Gasteiger partial charge in [-0.1, -0.05) is 40.2 Å². The highest BCUT2D eigenvalue weighted by atomic mass is 79.9. The van der Waals surface area contributed by atoms with Gasteiger partial charge < -0.3 is 0 Å². The molecule has 19 heavy (non-hydrogen) atoms. The molecule has 0 spiro atoms. The predicted molar refractivity (Wildman–Crippen MR) is 74.3 cm³/mol. The summed E-state index contributed by atoms with van der Waals surface area (Å²) in [5.74, 6) is 4.78. The van der Waals surface area contributed by atoms with Gasteiger partial charge in [-0.05, 0) is 30.2 Å². The Morgan fingerprint density at radius 3 is 2.37 bits per heavy atom. The first-order valence-corrected chi connectivity index (χ1v) is 6.56. The molecule has 0 fully saturated rings. The van der Waals surface area contributed by atoms with Crippen molar-refractivity contribution in [2.75, 3.05) is 0 Å². The number of hydrogen-bond acceptors (Lipinski definition) is 2. The Balaban J connectivity index is 2.34. The summed E-state index contributed by atoms with van der Waals surface area (Å²) in [4.78, 5) is 0. The van der Waals surface area contributed by atoms with Crippen LogP contribution in [0.5, 0.6) is 0 Å². The van der Waals surface area contributed by atoms with E-state index in [1.807, 2.05) is 0 Å². The van der Waals surface area contributed by atoms with E-state index in [-0.39, 0.29) is 18.1 Å². The van der Waals surface area contributed by atoms with Gasteiger partial charge in [-0.25, -0.2) is 8.78 Å². The Hall–Kier alpha value is -1.30. The van der Waals surface area contributed by atoms with Gasteiger partial charge in [0.05, 0.1) is 6.04 Å². The third kappa shape index (κ3) is 3.18. The summed E-state index contributed by atoms with van der Waals surface area (Å²) in [7, 11) is 0. The van der Waals surface area contributed by atoms with Crippen LogP contribution >= 0.6 is 15.9 Å². The zero-order chi connectivity index (χ0) is 13.8. The molecule has 2 nitrogen and oxygen atoms in total. The average molecular weight is 327 g/mol. The quantitative estimate of drug-likeness (QED) is 0.667. The first kappa shape index (κ1) is 14.1. The molecule has 0 heterocycles. The maximum atomic E-state index is 13.9. The minimum absolute atomic E-state index is 0.267. The molecule has 0 aliphatic heterocycles. The summed E-state index contributed by atoms with van der Waals surface area (Å²) in [6.07, 6.45) is 0.267. The van der Waals surface area contributed by atoms with E-state index >= 15 is 0 Å². The Morgan fingerprint density at radius 1 is 1.05 bits per heavy atom. The zero-order valence-electron chi connectivity index (χ0n) is 10.0. The molecule has 0 bridgehead atoms. The van der Waals surface area contributed by atoms with Crippen LogP contribution in [0, 0.1) is 11.6 Å². The number of halogens is 3. The van der Waals surface area contributed by atoms with Crippen LogP contribution in [0.4, 0.5) is 8.78 Å². The maximum absolute atomic E-state index is 13.9.